The van der Waals surface area contributed by atoms with Crippen LogP contribution in [0.15, 0.2) is 97.1 Å². The molecule has 0 bridgehead atoms. The van der Waals surface area contributed by atoms with Crippen molar-refractivity contribution in [3.8, 4) is 11.5 Å². The molecule has 206 valence electrons. The van der Waals surface area contributed by atoms with Crippen molar-refractivity contribution in [1.29, 1.82) is 0 Å². The maximum atomic E-state index is 14.9. The number of nitrogens with zero attached hydrogens (tertiary/aromatic N) is 1. The number of carbonyl (C=O) groups is 3. The molecule has 0 unspecified atom stereocenters. The van der Waals surface area contributed by atoms with Crippen LogP contribution in [0.25, 0.3) is 6.08 Å². The number of ether oxygens (including phenoxy) is 2. The lowest BCUT2D eigenvalue weighted by Crippen LogP contribution is -2.51. The number of hydrogen-bond donors (Lipinski definition) is 1. The van der Waals surface area contributed by atoms with Gasteiger partial charge in [0.25, 0.3) is 0 Å². The van der Waals surface area contributed by atoms with Gasteiger partial charge in [0.05, 0.1) is 12.0 Å². The molecule has 7 heteroatoms. The van der Waals surface area contributed by atoms with Crippen LogP contribution in [-0.4, -0.2) is 36.4 Å². The lowest BCUT2D eigenvalue weighted by Gasteiger charge is -2.37. The number of aryl methyl sites for hydroxylation is 1. The highest BCUT2D eigenvalue weighted by Gasteiger charge is 2.70. The predicted molar refractivity (Wildman–Crippen MR) is 158 cm³/mol. The van der Waals surface area contributed by atoms with Crippen molar-refractivity contribution in [2.45, 2.75) is 24.4 Å². The molecule has 4 atom stereocenters. The Balaban J connectivity index is 1.42. The van der Waals surface area contributed by atoms with E-state index >= 15 is 0 Å². The molecular weight excluding hydrogens is 528 g/mol. The molecule has 8 rings (SSSR count). The number of carbonyl (C=O) groups excluding carboxylic acids is 3. The first-order chi connectivity index (χ1) is 20.5. The van der Waals surface area contributed by atoms with Crippen LogP contribution < -0.4 is 19.7 Å². The molecule has 42 heavy (non-hydrogen) atoms. The zero-order valence-electron chi connectivity index (χ0n) is 22.7. The zero-order valence-corrected chi connectivity index (χ0v) is 22.7. The predicted octanol–water partition coefficient (Wildman–Crippen LogP) is 5.58. The monoisotopic (exact) mass is 554 g/mol. The van der Waals surface area contributed by atoms with E-state index in [2.05, 4.69) is 11.4 Å². The second kappa shape index (κ2) is 8.91. The number of hydrogen-bond acceptors (Lipinski definition) is 6. The summed E-state index contributed by atoms with van der Waals surface area (Å²) in [4.78, 5) is 46.1. The maximum Gasteiger partial charge on any atom is 0.238 e. The Morgan fingerprint density at radius 2 is 1.64 bits per heavy atom. The van der Waals surface area contributed by atoms with E-state index in [4.69, 9.17) is 9.47 Å². The lowest BCUT2D eigenvalue weighted by molar-refractivity contribution is -0.121. The van der Waals surface area contributed by atoms with E-state index < -0.39 is 23.4 Å². The molecule has 4 aliphatic rings. The molecule has 0 radical (unpaired) electrons. The normalized spacial score (nSPS) is 24.3. The molecule has 0 aliphatic carbocycles. The molecule has 4 heterocycles. The smallest absolute Gasteiger partial charge is 0.238 e. The van der Waals surface area contributed by atoms with Crippen molar-refractivity contribution in [3.05, 3.63) is 125 Å². The Hall–Kier alpha value is -5.17. The van der Waals surface area contributed by atoms with Crippen LogP contribution in [0, 0.1) is 12.8 Å². The standard InChI is InChI=1S/C35H26N2O5/c1-20-11-14-26-22(17-20)13-16-29-35(24-9-5-6-10-25(24)36-34(35)40)30(31(37(26)29)33(39)21-7-3-2-4-8-21)32(38)23-12-15-27-28(18-23)42-19-41-27/h2-18,29-31H,19H2,1H3,(H,36,40)/t29-,30+,31-,35+/m0/s1. The van der Waals surface area contributed by atoms with Crippen molar-refractivity contribution in [1.82, 2.24) is 0 Å². The highest BCUT2D eigenvalue weighted by Crippen LogP contribution is 2.58. The van der Waals surface area contributed by atoms with E-state index in [1.165, 1.54) is 0 Å². The van der Waals surface area contributed by atoms with Gasteiger partial charge < -0.3 is 19.7 Å². The molecule has 1 spiro atoms. The van der Waals surface area contributed by atoms with Gasteiger partial charge in [0, 0.05) is 22.5 Å². The fourth-order valence-electron chi connectivity index (χ4n) is 7.30. The third-order valence-electron chi connectivity index (χ3n) is 9.05. The van der Waals surface area contributed by atoms with Crippen molar-refractivity contribution in [2.24, 2.45) is 5.92 Å². The van der Waals surface area contributed by atoms with Gasteiger partial charge in [-0.25, -0.2) is 0 Å². The third kappa shape index (κ3) is 3.25. The molecule has 7 nitrogen and oxygen atoms in total. The fourth-order valence-corrected chi connectivity index (χ4v) is 7.30. The van der Waals surface area contributed by atoms with E-state index in [-0.39, 0.29) is 24.3 Å². The van der Waals surface area contributed by atoms with E-state index in [0.717, 1.165) is 16.8 Å². The van der Waals surface area contributed by atoms with Crippen LogP contribution in [-0.2, 0) is 10.2 Å². The molecule has 1 saturated heterocycles. The Kier molecular flexibility index (Phi) is 5.22. The SMILES string of the molecule is Cc1ccc2c(c1)C=C[C@@H]1N2[C@H](C(=O)c2ccccc2)[C@H](C(=O)c2ccc3c(c2)OCO3)[C@]12C(=O)Nc1ccccc12. The summed E-state index contributed by atoms with van der Waals surface area (Å²) in [6.07, 6.45) is 4.00. The van der Waals surface area contributed by atoms with Gasteiger partial charge in [-0.1, -0.05) is 72.3 Å². The van der Waals surface area contributed by atoms with Gasteiger partial charge in [0.2, 0.25) is 12.7 Å². The molecule has 1 fully saturated rings. The number of benzene rings is 4. The van der Waals surface area contributed by atoms with Gasteiger partial charge >= 0.3 is 0 Å². The fraction of sp³-hybridized carbons (Fsp3) is 0.171. The quantitative estimate of drug-likeness (QED) is 0.332. The van der Waals surface area contributed by atoms with Gasteiger partial charge in [0.15, 0.2) is 23.1 Å². The van der Waals surface area contributed by atoms with E-state index in [9.17, 15) is 14.4 Å². The molecule has 0 saturated carbocycles. The molecule has 0 aromatic heterocycles. The Morgan fingerprint density at radius 3 is 2.50 bits per heavy atom. The first-order valence-corrected chi connectivity index (χ1v) is 14.0. The summed E-state index contributed by atoms with van der Waals surface area (Å²) < 4.78 is 11.1. The Bertz CT molecular complexity index is 1850. The van der Waals surface area contributed by atoms with Gasteiger partial charge in [-0.15, -0.1) is 0 Å². The number of para-hydroxylation sites is 1. The van der Waals surface area contributed by atoms with Crippen molar-refractivity contribution in [2.75, 3.05) is 17.0 Å². The van der Waals surface area contributed by atoms with Gasteiger partial charge in [-0.2, -0.15) is 0 Å². The van der Waals surface area contributed by atoms with Crippen LogP contribution >= 0.6 is 0 Å². The highest BCUT2D eigenvalue weighted by atomic mass is 16.7. The summed E-state index contributed by atoms with van der Waals surface area (Å²) in [7, 11) is 0. The number of amides is 1. The maximum absolute atomic E-state index is 14.9. The molecule has 4 aromatic rings. The van der Waals surface area contributed by atoms with E-state index in [1.807, 2.05) is 78.6 Å². The number of fused-ring (bicyclic) bond motifs is 7. The first-order valence-electron chi connectivity index (χ1n) is 14.0. The number of Topliss-reactive ketones (excluding diaryl/α,β-unsaturated/α-hetero) is 2. The van der Waals surface area contributed by atoms with E-state index in [0.29, 0.717) is 33.9 Å². The minimum atomic E-state index is -1.36. The summed E-state index contributed by atoms with van der Waals surface area (Å²) in [5, 5.41) is 3.07. The lowest BCUT2D eigenvalue weighted by atomic mass is 9.64. The molecule has 4 aromatic carbocycles. The summed E-state index contributed by atoms with van der Waals surface area (Å²) in [6, 6.07) is 26.1. The van der Waals surface area contributed by atoms with Gasteiger partial charge in [-0.3, -0.25) is 14.4 Å². The largest absolute Gasteiger partial charge is 0.454 e. The van der Waals surface area contributed by atoms with Crippen molar-refractivity contribution in [3.63, 3.8) is 0 Å². The Labute approximate surface area is 242 Å². The highest BCUT2D eigenvalue weighted by molar-refractivity contribution is 6.18. The van der Waals surface area contributed by atoms with Gasteiger partial charge in [-0.05, 0) is 54.4 Å². The topological polar surface area (TPSA) is 84.9 Å². The number of nitrogens with one attached hydrogen (secondary N) is 1. The minimum absolute atomic E-state index is 0.0715. The van der Waals surface area contributed by atoms with Crippen LogP contribution in [0.5, 0.6) is 11.5 Å². The van der Waals surface area contributed by atoms with Crippen molar-refractivity contribution >= 4 is 34.9 Å². The van der Waals surface area contributed by atoms with Crippen molar-refractivity contribution < 1.29 is 23.9 Å². The van der Waals surface area contributed by atoms with Gasteiger partial charge in [0.1, 0.15) is 11.5 Å². The summed E-state index contributed by atoms with van der Waals surface area (Å²) in [5.74, 6) is -0.828. The molecule has 1 amide bonds. The molecule has 4 aliphatic heterocycles. The number of ketones is 2. The summed E-state index contributed by atoms with van der Waals surface area (Å²) in [6.45, 7) is 2.09. The average Bonchev–Trinajstić information content (AvgIpc) is 3.70. The third-order valence-corrected chi connectivity index (χ3v) is 9.05. The van der Waals surface area contributed by atoms with E-state index in [1.54, 1.807) is 30.3 Å². The van der Waals surface area contributed by atoms with Crippen LogP contribution in [0.1, 0.15) is 37.4 Å². The summed E-state index contributed by atoms with van der Waals surface area (Å²) >= 11 is 0. The molecular formula is C35H26N2O5. The van der Waals surface area contributed by atoms with Crippen LogP contribution in [0.3, 0.4) is 0 Å². The molecule has 1 N–H and O–H groups in total. The van der Waals surface area contributed by atoms with Crippen LogP contribution in [0.2, 0.25) is 0 Å². The summed E-state index contributed by atoms with van der Waals surface area (Å²) in [5.41, 5.74) is 3.69. The second-order valence-corrected chi connectivity index (χ2v) is 11.2. The first kappa shape index (κ1) is 24.6. The number of rotatable bonds is 4. The average molecular weight is 555 g/mol. The Morgan fingerprint density at radius 1 is 0.857 bits per heavy atom. The second-order valence-electron chi connectivity index (χ2n) is 11.2. The van der Waals surface area contributed by atoms with Crippen LogP contribution in [0.4, 0.5) is 11.4 Å². The number of anilines is 2. The zero-order chi connectivity index (χ0) is 28.6. The minimum Gasteiger partial charge on any atom is -0.454 e.